The maximum Gasteiger partial charge on any atom is 0.0448 e. The van der Waals surface area contributed by atoms with Crippen LogP contribution < -0.4 is 0 Å². The van der Waals surface area contributed by atoms with Crippen molar-refractivity contribution in [3.05, 3.63) is 182 Å². The zero-order chi connectivity index (χ0) is 35.3. The molecule has 0 aliphatic carbocycles. The predicted octanol–water partition coefficient (Wildman–Crippen LogP) is 16.0. The first-order valence-corrected chi connectivity index (χ1v) is 20.1. The van der Waals surface area contributed by atoms with Gasteiger partial charge in [0, 0.05) is 40.3 Å². The van der Waals surface area contributed by atoms with E-state index in [1.54, 1.807) is 0 Å². The van der Waals surface area contributed by atoms with Gasteiger partial charge < -0.3 is 0 Å². The molecule has 250 valence electrons. The molecular weight excluding hydrogens is 689 g/mol. The SMILES string of the molecule is c1ccc(-c2c3ccccc3c(-c3ccc(-c4ccc5sc6c(ccc7sc8c9ccccc9ccc8c76)c5c4)c4ccccc34)c3ccccc23)cc1. The van der Waals surface area contributed by atoms with E-state index in [0.717, 1.165) is 0 Å². The minimum atomic E-state index is 1.24. The summed E-state index contributed by atoms with van der Waals surface area (Å²) in [5.41, 5.74) is 7.61. The molecule has 0 aliphatic heterocycles. The third-order valence-electron chi connectivity index (χ3n) is 11.5. The highest BCUT2D eigenvalue weighted by Gasteiger charge is 2.20. The highest BCUT2D eigenvalue weighted by Crippen LogP contribution is 2.49. The molecule has 0 fully saturated rings. The van der Waals surface area contributed by atoms with Gasteiger partial charge in [-0.05, 0) is 94.7 Å². The van der Waals surface area contributed by atoms with E-state index in [4.69, 9.17) is 0 Å². The van der Waals surface area contributed by atoms with Crippen LogP contribution >= 0.6 is 22.7 Å². The molecule has 12 aromatic rings. The van der Waals surface area contributed by atoms with Gasteiger partial charge in [-0.15, -0.1) is 22.7 Å². The molecule has 0 saturated carbocycles. The zero-order valence-electron chi connectivity index (χ0n) is 29.1. The van der Waals surface area contributed by atoms with E-state index in [2.05, 4.69) is 182 Å². The lowest BCUT2D eigenvalue weighted by molar-refractivity contribution is 1.66. The van der Waals surface area contributed by atoms with E-state index in [0.29, 0.717) is 0 Å². The molecule has 2 aromatic heterocycles. The molecule has 0 amide bonds. The second kappa shape index (κ2) is 11.6. The first kappa shape index (κ1) is 30.2. The molecule has 0 unspecified atom stereocenters. The molecule has 0 radical (unpaired) electrons. The summed E-state index contributed by atoms with van der Waals surface area (Å²) in [4.78, 5) is 0. The van der Waals surface area contributed by atoms with Crippen molar-refractivity contribution in [2.75, 3.05) is 0 Å². The summed E-state index contributed by atoms with van der Waals surface area (Å²) in [5, 5.41) is 15.7. The average molecular weight is 719 g/mol. The monoisotopic (exact) mass is 718 g/mol. The molecular formula is C52H30S2. The van der Waals surface area contributed by atoms with Gasteiger partial charge in [0.1, 0.15) is 0 Å². The molecule has 0 atom stereocenters. The van der Waals surface area contributed by atoms with Crippen LogP contribution in [0.3, 0.4) is 0 Å². The first-order valence-electron chi connectivity index (χ1n) is 18.5. The summed E-state index contributed by atoms with van der Waals surface area (Å²) >= 11 is 3.86. The van der Waals surface area contributed by atoms with E-state index in [1.165, 1.54) is 117 Å². The first-order chi connectivity index (χ1) is 26.8. The molecule has 54 heavy (non-hydrogen) atoms. The minimum absolute atomic E-state index is 1.24. The van der Waals surface area contributed by atoms with Gasteiger partial charge in [-0.2, -0.15) is 0 Å². The van der Waals surface area contributed by atoms with Crippen molar-refractivity contribution >= 4 is 106 Å². The quantitative estimate of drug-likeness (QED) is 0.160. The summed E-state index contributed by atoms with van der Waals surface area (Å²) < 4.78 is 5.47. The Balaban J connectivity index is 1.08. The largest absolute Gasteiger partial charge is 0.134 e. The van der Waals surface area contributed by atoms with E-state index >= 15 is 0 Å². The molecule has 2 heteroatoms. The third kappa shape index (κ3) is 4.30. The summed E-state index contributed by atoms with van der Waals surface area (Å²) in [6.45, 7) is 0. The Morgan fingerprint density at radius 2 is 0.833 bits per heavy atom. The Morgan fingerprint density at radius 3 is 1.57 bits per heavy atom. The predicted molar refractivity (Wildman–Crippen MR) is 239 cm³/mol. The third-order valence-corrected chi connectivity index (χ3v) is 13.9. The standard InChI is InChI=1S/C52H30S2/c1-2-13-32(14-3-1)48-38-18-8-10-20-40(38)49(41-21-11-9-19-39(41)48)42-26-25-34(36-16-6-7-17-37(36)42)33-23-28-46-45(30-33)43-27-29-47-50(52(43)53-46)44-24-22-31-12-4-5-15-35(31)51(44)54-47/h1-30H. The number of rotatable bonds is 3. The Morgan fingerprint density at radius 1 is 0.278 bits per heavy atom. The smallest absolute Gasteiger partial charge is 0.0448 e. The van der Waals surface area contributed by atoms with Gasteiger partial charge in [0.15, 0.2) is 0 Å². The normalized spacial score (nSPS) is 12.1. The molecule has 0 aliphatic rings. The number of hydrogen-bond acceptors (Lipinski definition) is 2. The van der Waals surface area contributed by atoms with Crippen molar-refractivity contribution in [2.45, 2.75) is 0 Å². The highest BCUT2D eigenvalue weighted by atomic mass is 32.1. The number of hydrogen-bond donors (Lipinski definition) is 0. The molecule has 0 N–H and O–H groups in total. The molecule has 0 nitrogen and oxygen atoms in total. The van der Waals surface area contributed by atoms with Crippen molar-refractivity contribution < 1.29 is 0 Å². The van der Waals surface area contributed by atoms with Crippen molar-refractivity contribution in [3.63, 3.8) is 0 Å². The van der Waals surface area contributed by atoms with Gasteiger partial charge in [-0.1, -0.05) is 164 Å². The number of fused-ring (bicyclic) bond motifs is 12. The fraction of sp³-hybridized carbons (Fsp3) is 0. The van der Waals surface area contributed by atoms with Crippen LogP contribution in [0.2, 0.25) is 0 Å². The van der Waals surface area contributed by atoms with Crippen molar-refractivity contribution in [2.24, 2.45) is 0 Å². The van der Waals surface area contributed by atoms with Crippen molar-refractivity contribution in [3.8, 4) is 33.4 Å². The highest BCUT2D eigenvalue weighted by molar-refractivity contribution is 7.30. The van der Waals surface area contributed by atoms with Crippen LogP contribution in [0.5, 0.6) is 0 Å². The number of thiophene rings is 2. The molecule has 10 aromatic carbocycles. The van der Waals surface area contributed by atoms with Crippen LogP contribution in [-0.2, 0) is 0 Å². The average Bonchev–Trinajstić information content (AvgIpc) is 3.81. The number of benzene rings is 10. The summed E-state index contributed by atoms with van der Waals surface area (Å²) in [6, 6.07) is 67.7. The van der Waals surface area contributed by atoms with Gasteiger partial charge in [0.2, 0.25) is 0 Å². The van der Waals surface area contributed by atoms with E-state index in [1.807, 2.05) is 22.7 Å². The van der Waals surface area contributed by atoms with Gasteiger partial charge in [-0.3, -0.25) is 0 Å². The lowest BCUT2D eigenvalue weighted by atomic mass is 9.84. The Labute approximate surface area is 319 Å². The fourth-order valence-corrected chi connectivity index (χ4v) is 11.6. The Hall–Kier alpha value is -6.32. The van der Waals surface area contributed by atoms with Gasteiger partial charge in [0.25, 0.3) is 0 Å². The second-order valence-electron chi connectivity index (χ2n) is 14.3. The van der Waals surface area contributed by atoms with Crippen molar-refractivity contribution in [1.82, 2.24) is 0 Å². The van der Waals surface area contributed by atoms with Gasteiger partial charge in [-0.25, -0.2) is 0 Å². The van der Waals surface area contributed by atoms with Crippen LogP contribution in [0.4, 0.5) is 0 Å². The molecule has 0 bridgehead atoms. The van der Waals surface area contributed by atoms with E-state index < -0.39 is 0 Å². The summed E-state index contributed by atoms with van der Waals surface area (Å²) in [7, 11) is 0. The Bertz CT molecular complexity index is 3430. The lowest BCUT2D eigenvalue weighted by Gasteiger charge is -2.19. The second-order valence-corrected chi connectivity index (χ2v) is 16.4. The Kier molecular flexibility index (Phi) is 6.48. The van der Waals surface area contributed by atoms with Crippen LogP contribution in [-0.4, -0.2) is 0 Å². The molecule has 2 heterocycles. The van der Waals surface area contributed by atoms with Crippen LogP contribution in [0.15, 0.2) is 182 Å². The zero-order valence-corrected chi connectivity index (χ0v) is 30.8. The summed E-state index contributed by atoms with van der Waals surface area (Å²) in [5.74, 6) is 0. The summed E-state index contributed by atoms with van der Waals surface area (Å²) in [6.07, 6.45) is 0. The molecule has 0 saturated heterocycles. The van der Waals surface area contributed by atoms with E-state index in [9.17, 15) is 0 Å². The van der Waals surface area contributed by atoms with Crippen LogP contribution in [0.25, 0.3) is 117 Å². The maximum absolute atomic E-state index is 2.44. The van der Waals surface area contributed by atoms with Gasteiger partial charge >= 0.3 is 0 Å². The fourth-order valence-electron chi connectivity index (χ4n) is 9.09. The topological polar surface area (TPSA) is 0 Å². The minimum Gasteiger partial charge on any atom is -0.134 e. The van der Waals surface area contributed by atoms with Gasteiger partial charge in [0.05, 0.1) is 0 Å². The maximum atomic E-state index is 2.44. The van der Waals surface area contributed by atoms with Crippen molar-refractivity contribution in [1.29, 1.82) is 0 Å². The lowest BCUT2D eigenvalue weighted by Crippen LogP contribution is -1.92. The molecule has 12 rings (SSSR count). The van der Waals surface area contributed by atoms with E-state index in [-0.39, 0.29) is 0 Å². The van der Waals surface area contributed by atoms with Crippen LogP contribution in [0.1, 0.15) is 0 Å². The molecule has 0 spiro atoms. The van der Waals surface area contributed by atoms with Crippen LogP contribution in [0, 0.1) is 0 Å².